The fourth-order valence-corrected chi connectivity index (χ4v) is 1.88. The van der Waals surface area contributed by atoms with Gasteiger partial charge in [-0.05, 0) is 31.7 Å². The van der Waals surface area contributed by atoms with E-state index in [0.29, 0.717) is 0 Å². The number of carbonyl (C=O) groups is 1. The molecule has 0 aliphatic heterocycles. The van der Waals surface area contributed by atoms with Crippen LogP contribution in [0.3, 0.4) is 0 Å². The van der Waals surface area contributed by atoms with Crippen molar-refractivity contribution in [2.24, 2.45) is 11.3 Å². The summed E-state index contributed by atoms with van der Waals surface area (Å²) >= 11 is 0. The minimum atomic E-state index is -0.400. The van der Waals surface area contributed by atoms with Crippen molar-refractivity contribution in [3.63, 3.8) is 0 Å². The molecule has 0 fully saturated rings. The second-order valence-electron chi connectivity index (χ2n) is 5.38. The molecule has 0 spiro atoms. The van der Waals surface area contributed by atoms with Crippen LogP contribution < -0.4 is 0 Å². The van der Waals surface area contributed by atoms with Crippen LogP contribution in [0.25, 0.3) is 0 Å². The number of esters is 1. The van der Waals surface area contributed by atoms with Gasteiger partial charge >= 0.3 is 5.97 Å². The molecule has 18 heavy (non-hydrogen) atoms. The molecule has 2 atom stereocenters. The summed E-state index contributed by atoms with van der Waals surface area (Å²) in [5.74, 6) is 0.175. The normalized spacial score (nSPS) is 16.1. The SMILES string of the molecule is CCC(C)(C(=O)OC(C)c1ccccc1)C(C)C. The first-order valence-electron chi connectivity index (χ1n) is 6.67. The summed E-state index contributed by atoms with van der Waals surface area (Å²) in [6.07, 6.45) is 0.605. The van der Waals surface area contributed by atoms with E-state index in [-0.39, 0.29) is 18.0 Å². The quantitative estimate of drug-likeness (QED) is 0.723. The summed E-state index contributed by atoms with van der Waals surface area (Å²) in [7, 11) is 0. The number of rotatable bonds is 5. The summed E-state index contributed by atoms with van der Waals surface area (Å²) in [6, 6.07) is 9.85. The van der Waals surface area contributed by atoms with Crippen molar-refractivity contribution in [1.82, 2.24) is 0 Å². The Balaban J connectivity index is 2.76. The molecule has 0 aliphatic carbocycles. The van der Waals surface area contributed by atoms with E-state index < -0.39 is 5.41 Å². The molecule has 0 N–H and O–H groups in total. The van der Waals surface area contributed by atoms with Crippen LogP contribution in [-0.2, 0) is 9.53 Å². The van der Waals surface area contributed by atoms with Crippen molar-refractivity contribution in [3.8, 4) is 0 Å². The predicted octanol–water partition coefficient (Wildman–Crippen LogP) is 4.36. The minimum Gasteiger partial charge on any atom is -0.457 e. The van der Waals surface area contributed by atoms with Crippen molar-refractivity contribution >= 4 is 5.97 Å². The Morgan fingerprint density at radius 2 is 1.78 bits per heavy atom. The summed E-state index contributed by atoms with van der Waals surface area (Å²) in [4.78, 5) is 12.3. The molecule has 1 aromatic carbocycles. The molecule has 0 saturated heterocycles. The van der Waals surface area contributed by atoms with Gasteiger partial charge in [0.25, 0.3) is 0 Å². The van der Waals surface area contributed by atoms with Gasteiger partial charge in [-0.2, -0.15) is 0 Å². The van der Waals surface area contributed by atoms with Gasteiger partial charge in [0.15, 0.2) is 0 Å². The highest BCUT2D eigenvalue weighted by Crippen LogP contribution is 2.34. The monoisotopic (exact) mass is 248 g/mol. The summed E-state index contributed by atoms with van der Waals surface area (Å²) < 4.78 is 5.61. The molecule has 0 bridgehead atoms. The molecule has 1 rings (SSSR count). The van der Waals surface area contributed by atoms with E-state index in [1.165, 1.54) is 0 Å². The number of hydrogen-bond acceptors (Lipinski definition) is 2. The standard InChI is InChI=1S/C16H24O2/c1-6-16(5,12(2)3)15(17)18-13(4)14-10-8-7-9-11-14/h7-13H,6H2,1-5H3. The van der Waals surface area contributed by atoms with Crippen LogP contribution in [0.15, 0.2) is 30.3 Å². The van der Waals surface area contributed by atoms with Crippen molar-refractivity contribution in [2.75, 3.05) is 0 Å². The average Bonchev–Trinajstić information content (AvgIpc) is 2.38. The third-order valence-electron chi connectivity index (χ3n) is 4.03. The van der Waals surface area contributed by atoms with Gasteiger partial charge in [-0.3, -0.25) is 4.79 Å². The smallest absolute Gasteiger partial charge is 0.312 e. The topological polar surface area (TPSA) is 26.3 Å². The van der Waals surface area contributed by atoms with Crippen molar-refractivity contribution in [1.29, 1.82) is 0 Å². The number of carbonyl (C=O) groups excluding carboxylic acids is 1. The van der Waals surface area contributed by atoms with Gasteiger partial charge < -0.3 is 4.74 Å². The van der Waals surface area contributed by atoms with Crippen LogP contribution in [0.2, 0.25) is 0 Å². The third-order valence-corrected chi connectivity index (χ3v) is 4.03. The molecule has 2 nitrogen and oxygen atoms in total. The molecule has 0 radical (unpaired) electrons. The number of ether oxygens (including phenoxy) is 1. The van der Waals surface area contributed by atoms with E-state index in [1.54, 1.807) is 0 Å². The lowest BCUT2D eigenvalue weighted by Crippen LogP contribution is -2.34. The third kappa shape index (κ3) is 3.12. The van der Waals surface area contributed by atoms with Crippen LogP contribution in [-0.4, -0.2) is 5.97 Å². The van der Waals surface area contributed by atoms with E-state index in [2.05, 4.69) is 13.8 Å². The molecule has 0 amide bonds. The fraction of sp³-hybridized carbons (Fsp3) is 0.562. The number of hydrogen-bond donors (Lipinski definition) is 0. The lowest BCUT2D eigenvalue weighted by atomic mass is 9.77. The van der Waals surface area contributed by atoms with E-state index in [1.807, 2.05) is 51.1 Å². The first-order chi connectivity index (χ1) is 8.41. The maximum atomic E-state index is 12.3. The molecule has 2 heteroatoms. The largest absolute Gasteiger partial charge is 0.457 e. The van der Waals surface area contributed by atoms with Gasteiger partial charge in [0.2, 0.25) is 0 Å². The number of benzene rings is 1. The fourth-order valence-electron chi connectivity index (χ4n) is 1.88. The van der Waals surface area contributed by atoms with Crippen LogP contribution >= 0.6 is 0 Å². The minimum absolute atomic E-state index is 0.101. The average molecular weight is 248 g/mol. The Bertz CT molecular complexity index is 383. The predicted molar refractivity (Wildman–Crippen MR) is 74.2 cm³/mol. The zero-order valence-corrected chi connectivity index (χ0v) is 12.1. The zero-order chi connectivity index (χ0) is 13.8. The maximum absolute atomic E-state index is 12.3. The maximum Gasteiger partial charge on any atom is 0.312 e. The van der Waals surface area contributed by atoms with Gasteiger partial charge in [-0.25, -0.2) is 0 Å². The highest BCUT2D eigenvalue weighted by molar-refractivity contribution is 5.76. The molecule has 0 aliphatic rings. The van der Waals surface area contributed by atoms with Crippen LogP contribution in [0.4, 0.5) is 0 Å². The first-order valence-corrected chi connectivity index (χ1v) is 6.67. The molecular formula is C16H24O2. The molecule has 100 valence electrons. The lowest BCUT2D eigenvalue weighted by Gasteiger charge is -2.31. The van der Waals surface area contributed by atoms with Crippen molar-refractivity contribution < 1.29 is 9.53 Å². The molecular weight excluding hydrogens is 224 g/mol. The first kappa shape index (κ1) is 14.7. The van der Waals surface area contributed by atoms with Gasteiger partial charge in [0.05, 0.1) is 5.41 Å². The molecule has 1 aromatic rings. The summed E-state index contributed by atoms with van der Waals surface area (Å²) in [5, 5.41) is 0. The molecule has 0 saturated carbocycles. The van der Waals surface area contributed by atoms with Crippen LogP contribution in [0, 0.1) is 11.3 Å². The van der Waals surface area contributed by atoms with Gasteiger partial charge in [0.1, 0.15) is 6.10 Å². The van der Waals surface area contributed by atoms with Gasteiger partial charge in [-0.1, -0.05) is 51.1 Å². The van der Waals surface area contributed by atoms with Gasteiger partial charge in [0, 0.05) is 0 Å². The Morgan fingerprint density at radius 1 is 1.22 bits per heavy atom. The van der Waals surface area contributed by atoms with Crippen LogP contribution in [0.1, 0.15) is 52.7 Å². The van der Waals surface area contributed by atoms with E-state index in [0.717, 1.165) is 12.0 Å². The van der Waals surface area contributed by atoms with E-state index in [9.17, 15) is 4.79 Å². The van der Waals surface area contributed by atoms with E-state index >= 15 is 0 Å². The van der Waals surface area contributed by atoms with Crippen LogP contribution in [0.5, 0.6) is 0 Å². The highest BCUT2D eigenvalue weighted by Gasteiger charge is 2.37. The Labute approximate surface area is 110 Å². The zero-order valence-electron chi connectivity index (χ0n) is 12.1. The van der Waals surface area contributed by atoms with Crippen molar-refractivity contribution in [2.45, 2.75) is 47.1 Å². The second kappa shape index (κ2) is 6.03. The molecule has 0 aromatic heterocycles. The Hall–Kier alpha value is -1.31. The summed E-state index contributed by atoms with van der Waals surface area (Å²) in [6.45, 7) is 10.1. The molecule has 2 unspecified atom stereocenters. The van der Waals surface area contributed by atoms with Gasteiger partial charge in [-0.15, -0.1) is 0 Å². The second-order valence-corrected chi connectivity index (χ2v) is 5.38. The Morgan fingerprint density at radius 3 is 2.22 bits per heavy atom. The highest BCUT2D eigenvalue weighted by atomic mass is 16.5. The van der Waals surface area contributed by atoms with Crippen molar-refractivity contribution in [3.05, 3.63) is 35.9 Å². The lowest BCUT2D eigenvalue weighted by molar-refractivity contribution is -0.163. The Kier molecular flexibility index (Phi) is 4.94. The van der Waals surface area contributed by atoms with E-state index in [4.69, 9.17) is 4.74 Å². The summed E-state index contributed by atoms with van der Waals surface area (Å²) in [5.41, 5.74) is 0.635. The molecule has 0 heterocycles.